The van der Waals surface area contributed by atoms with E-state index in [0.717, 1.165) is 0 Å². The van der Waals surface area contributed by atoms with E-state index < -0.39 is 6.29 Å². The molecule has 0 saturated carbocycles. The van der Waals surface area contributed by atoms with Gasteiger partial charge in [-0.25, -0.2) is 0 Å². The Morgan fingerprint density at radius 1 is 1.40 bits per heavy atom. The third-order valence-electron chi connectivity index (χ3n) is 2.51. The summed E-state index contributed by atoms with van der Waals surface area (Å²) in [6.07, 6.45) is 0.956. The SMILES string of the molecule is CCOC1OCCC1C(=O)CCC(C)=O. The molecule has 0 aromatic carbocycles. The molecule has 86 valence electrons. The first-order valence-electron chi connectivity index (χ1n) is 5.40. The van der Waals surface area contributed by atoms with Crippen molar-refractivity contribution in [3.05, 3.63) is 0 Å². The average molecular weight is 214 g/mol. The number of hydrogen-bond acceptors (Lipinski definition) is 4. The van der Waals surface area contributed by atoms with Crippen LogP contribution in [0.15, 0.2) is 0 Å². The molecule has 0 aromatic heterocycles. The predicted octanol–water partition coefficient (Wildman–Crippen LogP) is 1.32. The topological polar surface area (TPSA) is 52.6 Å². The smallest absolute Gasteiger partial charge is 0.167 e. The van der Waals surface area contributed by atoms with Crippen molar-refractivity contribution < 1.29 is 19.1 Å². The van der Waals surface area contributed by atoms with Crippen LogP contribution in [0.25, 0.3) is 0 Å². The highest BCUT2D eigenvalue weighted by Gasteiger charge is 2.33. The van der Waals surface area contributed by atoms with Crippen LogP contribution in [0, 0.1) is 5.92 Å². The molecule has 1 heterocycles. The monoisotopic (exact) mass is 214 g/mol. The largest absolute Gasteiger partial charge is 0.352 e. The molecule has 2 atom stereocenters. The Kier molecular flexibility index (Phi) is 4.91. The van der Waals surface area contributed by atoms with E-state index >= 15 is 0 Å². The van der Waals surface area contributed by atoms with E-state index in [1.807, 2.05) is 6.92 Å². The minimum atomic E-state index is -0.394. The van der Waals surface area contributed by atoms with Crippen molar-refractivity contribution in [1.82, 2.24) is 0 Å². The van der Waals surface area contributed by atoms with Crippen molar-refractivity contribution in [2.24, 2.45) is 5.92 Å². The maximum absolute atomic E-state index is 11.7. The zero-order valence-electron chi connectivity index (χ0n) is 9.32. The van der Waals surface area contributed by atoms with Gasteiger partial charge in [0.1, 0.15) is 11.6 Å². The van der Waals surface area contributed by atoms with Crippen LogP contribution in [0.4, 0.5) is 0 Å². The maximum Gasteiger partial charge on any atom is 0.167 e. The van der Waals surface area contributed by atoms with Crippen molar-refractivity contribution in [2.45, 2.75) is 39.4 Å². The lowest BCUT2D eigenvalue weighted by atomic mass is 9.97. The molecule has 0 radical (unpaired) electrons. The highest BCUT2D eigenvalue weighted by molar-refractivity contribution is 5.86. The van der Waals surface area contributed by atoms with Crippen molar-refractivity contribution in [1.29, 1.82) is 0 Å². The summed E-state index contributed by atoms with van der Waals surface area (Å²) in [6.45, 7) is 4.49. The highest BCUT2D eigenvalue weighted by Crippen LogP contribution is 2.24. The van der Waals surface area contributed by atoms with Gasteiger partial charge in [-0.3, -0.25) is 4.79 Å². The molecule has 0 aliphatic carbocycles. The summed E-state index contributed by atoms with van der Waals surface area (Å²) in [5, 5.41) is 0. The molecule has 2 unspecified atom stereocenters. The molecule has 0 aromatic rings. The molecule has 15 heavy (non-hydrogen) atoms. The number of carbonyl (C=O) groups is 2. The third-order valence-corrected chi connectivity index (χ3v) is 2.51. The summed E-state index contributed by atoms with van der Waals surface area (Å²) in [6, 6.07) is 0. The summed E-state index contributed by atoms with van der Waals surface area (Å²) >= 11 is 0. The standard InChI is InChI=1S/C11H18O4/c1-3-14-11-9(6-7-15-11)10(13)5-4-8(2)12/h9,11H,3-7H2,1-2H3. The van der Waals surface area contributed by atoms with Crippen LogP contribution in [-0.2, 0) is 19.1 Å². The number of ketones is 2. The molecule has 0 N–H and O–H groups in total. The summed E-state index contributed by atoms with van der Waals surface area (Å²) in [4.78, 5) is 22.5. The van der Waals surface area contributed by atoms with E-state index in [-0.39, 0.29) is 17.5 Å². The summed E-state index contributed by atoms with van der Waals surface area (Å²) in [5.41, 5.74) is 0. The van der Waals surface area contributed by atoms with Crippen molar-refractivity contribution in [2.75, 3.05) is 13.2 Å². The molecule has 4 heteroatoms. The van der Waals surface area contributed by atoms with Crippen LogP contribution >= 0.6 is 0 Å². The Balaban J connectivity index is 2.40. The minimum Gasteiger partial charge on any atom is -0.352 e. The second-order valence-corrected chi connectivity index (χ2v) is 3.76. The van der Waals surface area contributed by atoms with E-state index in [9.17, 15) is 9.59 Å². The third kappa shape index (κ3) is 3.72. The first-order valence-corrected chi connectivity index (χ1v) is 5.40. The molecule has 1 saturated heterocycles. The Bertz CT molecular complexity index is 237. The van der Waals surface area contributed by atoms with Crippen molar-refractivity contribution >= 4 is 11.6 Å². The zero-order chi connectivity index (χ0) is 11.3. The molecule has 0 bridgehead atoms. The molecule has 1 aliphatic rings. The normalized spacial score (nSPS) is 25.5. The number of Topliss-reactive ketones (excluding diaryl/α,β-unsaturated/α-hetero) is 2. The minimum absolute atomic E-state index is 0.0511. The van der Waals surface area contributed by atoms with E-state index in [1.54, 1.807) is 0 Å². The van der Waals surface area contributed by atoms with Crippen LogP contribution in [-0.4, -0.2) is 31.1 Å². The lowest BCUT2D eigenvalue weighted by Crippen LogP contribution is -2.27. The Labute approximate surface area is 89.9 Å². The summed E-state index contributed by atoms with van der Waals surface area (Å²) < 4.78 is 10.6. The quantitative estimate of drug-likeness (QED) is 0.669. The fourth-order valence-corrected chi connectivity index (χ4v) is 1.69. The Morgan fingerprint density at radius 3 is 2.73 bits per heavy atom. The van der Waals surface area contributed by atoms with E-state index in [0.29, 0.717) is 32.5 Å². The summed E-state index contributed by atoms with van der Waals surface area (Å²) in [7, 11) is 0. The first kappa shape index (κ1) is 12.3. The predicted molar refractivity (Wildman–Crippen MR) is 54.4 cm³/mol. The van der Waals surface area contributed by atoms with Gasteiger partial charge in [0, 0.05) is 19.4 Å². The zero-order valence-corrected chi connectivity index (χ0v) is 9.32. The molecule has 0 spiro atoms. The van der Waals surface area contributed by atoms with E-state index in [1.165, 1.54) is 6.92 Å². The van der Waals surface area contributed by atoms with Gasteiger partial charge in [-0.05, 0) is 20.3 Å². The number of carbonyl (C=O) groups excluding carboxylic acids is 2. The van der Waals surface area contributed by atoms with Gasteiger partial charge in [-0.2, -0.15) is 0 Å². The van der Waals surface area contributed by atoms with Gasteiger partial charge in [0.15, 0.2) is 6.29 Å². The lowest BCUT2D eigenvalue weighted by Gasteiger charge is -2.16. The second-order valence-electron chi connectivity index (χ2n) is 3.76. The number of rotatable bonds is 6. The van der Waals surface area contributed by atoms with Gasteiger partial charge in [-0.1, -0.05) is 0 Å². The van der Waals surface area contributed by atoms with E-state index in [4.69, 9.17) is 9.47 Å². The Hall–Kier alpha value is -0.740. The van der Waals surface area contributed by atoms with Crippen molar-refractivity contribution in [3.63, 3.8) is 0 Å². The van der Waals surface area contributed by atoms with Crippen LogP contribution < -0.4 is 0 Å². The Morgan fingerprint density at radius 2 is 2.13 bits per heavy atom. The molecule has 4 nitrogen and oxygen atoms in total. The van der Waals surface area contributed by atoms with Crippen LogP contribution in [0.1, 0.15) is 33.1 Å². The van der Waals surface area contributed by atoms with Crippen molar-refractivity contribution in [3.8, 4) is 0 Å². The number of hydrogen-bond donors (Lipinski definition) is 0. The highest BCUT2D eigenvalue weighted by atomic mass is 16.7. The fraction of sp³-hybridized carbons (Fsp3) is 0.818. The van der Waals surface area contributed by atoms with Gasteiger partial charge < -0.3 is 14.3 Å². The molecule has 1 rings (SSSR count). The molecule has 0 amide bonds. The van der Waals surface area contributed by atoms with E-state index in [2.05, 4.69) is 0 Å². The average Bonchev–Trinajstić information content (AvgIpc) is 2.63. The van der Waals surface area contributed by atoms with Gasteiger partial charge in [-0.15, -0.1) is 0 Å². The van der Waals surface area contributed by atoms with Gasteiger partial charge >= 0.3 is 0 Å². The lowest BCUT2D eigenvalue weighted by molar-refractivity contribution is -0.148. The fourth-order valence-electron chi connectivity index (χ4n) is 1.69. The second kappa shape index (κ2) is 5.98. The van der Waals surface area contributed by atoms with Gasteiger partial charge in [0.25, 0.3) is 0 Å². The molecule has 1 aliphatic heterocycles. The first-order chi connectivity index (χ1) is 7.15. The van der Waals surface area contributed by atoms with Crippen LogP contribution in [0.3, 0.4) is 0 Å². The van der Waals surface area contributed by atoms with Crippen LogP contribution in [0.2, 0.25) is 0 Å². The summed E-state index contributed by atoms with van der Waals surface area (Å²) in [5.74, 6) is -0.0410. The molecule has 1 fully saturated rings. The maximum atomic E-state index is 11.7. The van der Waals surface area contributed by atoms with Crippen LogP contribution in [0.5, 0.6) is 0 Å². The molecular weight excluding hydrogens is 196 g/mol. The number of ether oxygens (including phenoxy) is 2. The molecular formula is C11H18O4. The van der Waals surface area contributed by atoms with Gasteiger partial charge in [0.05, 0.1) is 12.5 Å². The van der Waals surface area contributed by atoms with Gasteiger partial charge in [0.2, 0.25) is 0 Å².